The Morgan fingerprint density at radius 3 is 2.64 bits per heavy atom. The van der Waals surface area contributed by atoms with Crippen LogP contribution in [0.2, 0.25) is 0 Å². The van der Waals surface area contributed by atoms with Crippen molar-refractivity contribution in [1.82, 2.24) is 0 Å². The van der Waals surface area contributed by atoms with Crippen molar-refractivity contribution in [3.05, 3.63) is 35.9 Å². The van der Waals surface area contributed by atoms with E-state index in [2.05, 4.69) is 12.1 Å². The van der Waals surface area contributed by atoms with E-state index in [1.165, 1.54) is 5.56 Å². The second kappa shape index (κ2) is 4.58. The third-order valence-electron chi connectivity index (χ3n) is 2.75. The fraction of sp³-hybridized carbons (Fsp3) is 0.500. The highest BCUT2D eigenvalue weighted by atomic mass is 16.5. The Morgan fingerprint density at radius 1 is 1.21 bits per heavy atom. The van der Waals surface area contributed by atoms with Gasteiger partial charge in [0, 0.05) is 6.04 Å². The van der Waals surface area contributed by atoms with Crippen LogP contribution in [-0.2, 0) is 11.3 Å². The number of benzene rings is 1. The quantitative estimate of drug-likeness (QED) is 0.794. The Bertz CT molecular complexity index is 273. The topological polar surface area (TPSA) is 35.2 Å². The molecular formula is C12H17NO. The molecule has 0 aliphatic heterocycles. The summed E-state index contributed by atoms with van der Waals surface area (Å²) < 4.78 is 5.78. The molecule has 14 heavy (non-hydrogen) atoms. The van der Waals surface area contributed by atoms with Gasteiger partial charge in [-0.3, -0.25) is 0 Å². The van der Waals surface area contributed by atoms with Gasteiger partial charge in [-0.15, -0.1) is 0 Å². The van der Waals surface area contributed by atoms with Crippen LogP contribution in [0.4, 0.5) is 0 Å². The molecule has 2 rings (SSSR count). The lowest BCUT2D eigenvalue weighted by Gasteiger charge is -2.11. The van der Waals surface area contributed by atoms with E-state index in [4.69, 9.17) is 10.5 Å². The first kappa shape index (κ1) is 9.69. The van der Waals surface area contributed by atoms with Crippen LogP contribution in [0.15, 0.2) is 30.3 Å². The molecule has 1 fully saturated rings. The molecule has 2 nitrogen and oxygen atoms in total. The average Bonchev–Trinajstić information content (AvgIpc) is 2.63. The van der Waals surface area contributed by atoms with E-state index in [-0.39, 0.29) is 0 Å². The first-order valence-corrected chi connectivity index (χ1v) is 5.25. The number of hydrogen-bond donors (Lipinski definition) is 1. The van der Waals surface area contributed by atoms with E-state index in [1.807, 2.05) is 18.2 Å². The molecule has 1 saturated carbocycles. The third-order valence-corrected chi connectivity index (χ3v) is 2.75. The van der Waals surface area contributed by atoms with E-state index in [9.17, 15) is 0 Å². The SMILES string of the molecule is NC1CCC(OCc2ccccc2)C1. The average molecular weight is 191 g/mol. The molecule has 1 aromatic rings. The summed E-state index contributed by atoms with van der Waals surface area (Å²) in [6.45, 7) is 0.720. The van der Waals surface area contributed by atoms with Gasteiger partial charge < -0.3 is 10.5 Å². The molecule has 0 spiro atoms. The van der Waals surface area contributed by atoms with Crippen molar-refractivity contribution < 1.29 is 4.74 Å². The normalized spacial score (nSPS) is 26.6. The van der Waals surface area contributed by atoms with Gasteiger partial charge in [-0.05, 0) is 24.8 Å². The molecule has 1 aromatic carbocycles. The summed E-state index contributed by atoms with van der Waals surface area (Å²) in [5, 5.41) is 0. The lowest BCUT2D eigenvalue weighted by Crippen LogP contribution is -2.17. The second-order valence-electron chi connectivity index (χ2n) is 3.99. The van der Waals surface area contributed by atoms with E-state index >= 15 is 0 Å². The fourth-order valence-electron chi connectivity index (χ4n) is 1.91. The van der Waals surface area contributed by atoms with Crippen molar-refractivity contribution in [3.8, 4) is 0 Å². The summed E-state index contributed by atoms with van der Waals surface area (Å²) in [5.41, 5.74) is 7.06. The van der Waals surface area contributed by atoms with Crippen LogP contribution < -0.4 is 5.73 Å². The Labute approximate surface area is 85.1 Å². The van der Waals surface area contributed by atoms with Gasteiger partial charge in [-0.2, -0.15) is 0 Å². The molecule has 2 unspecified atom stereocenters. The van der Waals surface area contributed by atoms with Gasteiger partial charge in [-0.1, -0.05) is 30.3 Å². The zero-order valence-corrected chi connectivity index (χ0v) is 8.36. The molecule has 0 bridgehead atoms. The molecule has 0 saturated heterocycles. The van der Waals surface area contributed by atoms with Crippen molar-refractivity contribution in [2.75, 3.05) is 0 Å². The minimum absolute atomic E-state index is 0.357. The van der Waals surface area contributed by atoms with Crippen LogP contribution in [0, 0.1) is 0 Å². The Kier molecular flexibility index (Phi) is 3.17. The smallest absolute Gasteiger partial charge is 0.0720 e. The fourth-order valence-corrected chi connectivity index (χ4v) is 1.91. The predicted octanol–water partition coefficient (Wildman–Crippen LogP) is 2.08. The molecular weight excluding hydrogens is 174 g/mol. The summed E-state index contributed by atoms with van der Waals surface area (Å²) in [6, 6.07) is 10.6. The van der Waals surface area contributed by atoms with E-state index in [1.54, 1.807) is 0 Å². The van der Waals surface area contributed by atoms with Gasteiger partial charge in [0.15, 0.2) is 0 Å². The Balaban J connectivity index is 1.78. The lowest BCUT2D eigenvalue weighted by molar-refractivity contribution is 0.0448. The van der Waals surface area contributed by atoms with Gasteiger partial charge in [0.2, 0.25) is 0 Å². The van der Waals surface area contributed by atoms with E-state index in [0.717, 1.165) is 25.9 Å². The Hall–Kier alpha value is -0.860. The zero-order chi connectivity index (χ0) is 9.80. The maximum absolute atomic E-state index is 5.81. The standard InChI is InChI=1S/C12H17NO/c13-11-6-7-12(8-11)14-9-10-4-2-1-3-5-10/h1-5,11-12H,6-9,13H2. The van der Waals surface area contributed by atoms with Gasteiger partial charge >= 0.3 is 0 Å². The number of ether oxygens (including phenoxy) is 1. The second-order valence-corrected chi connectivity index (χ2v) is 3.99. The van der Waals surface area contributed by atoms with Crippen molar-refractivity contribution in [1.29, 1.82) is 0 Å². The van der Waals surface area contributed by atoms with Crippen LogP contribution in [0.5, 0.6) is 0 Å². The van der Waals surface area contributed by atoms with Gasteiger partial charge in [0.25, 0.3) is 0 Å². The number of hydrogen-bond acceptors (Lipinski definition) is 2. The van der Waals surface area contributed by atoms with Gasteiger partial charge in [0.05, 0.1) is 12.7 Å². The van der Waals surface area contributed by atoms with Gasteiger partial charge in [0.1, 0.15) is 0 Å². The van der Waals surface area contributed by atoms with Crippen molar-refractivity contribution in [2.45, 2.75) is 38.0 Å². The highest BCUT2D eigenvalue weighted by molar-refractivity contribution is 5.13. The molecule has 76 valence electrons. The summed E-state index contributed by atoms with van der Waals surface area (Å²) >= 11 is 0. The zero-order valence-electron chi connectivity index (χ0n) is 8.36. The highest BCUT2D eigenvalue weighted by Crippen LogP contribution is 2.21. The van der Waals surface area contributed by atoms with E-state index in [0.29, 0.717) is 12.1 Å². The monoisotopic (exact) mass is 191 g/mol. The summed E-state index contributed by atoms with van der Waals surface area (Å²) in [6.07, 6.45) is 3.63. The molecule has 0 heterocycles. The minimum Gasteiger partial charge on any atom is -0.373 e. The van der Waals surface area contributed by atoms with Gasteiger partial charge in [-0.25, -0.2) is 0 Å². The van der Waals surface area contributed by atoms with E-state index < -0.39 is 0 Å². The van der Waals surface area contributed by atoms with Crippen LogP contribution in [0.1, 0.15) is 24.8 Å². The van der Waals surface area contributed by atoms with Crippen molar-refractivity contribution >= 4 is 0 Å². The number of nitrogens with two attached hydrogens (primary N) is 1. The lowest BCUT2D eigenvalue weighted by atomic mass is 10.2. The third kappa shape index (κ3) is 2.56. The highest BCUT2D eigenvalue weighted by Gasteiger charge is 2.21. The number of rotatable bonds is 3. The Morgan fingerprint density at radius 2 is 2.00 bits per heavy atom. The molecule has 1 aliphatic rings. The molecule has 1 aliphatic carbocycles. The maximum atomic E-state index is 5.81. The maximum Gasteiger partial charge on any atom is 0.0720 e. The molecule has 2 N–H and O–H groups in total. The van der Waals surface area contributed by atoms with Crippen LogP contribution in [-0.4, -0.2) is 12.1 Å². The first-order chi connectivity index (χ1) is 6.84. The van der Waals surface area contributed by atoms with Crippen molar-refractivity contribution in [3.63, 3.8) is 0 Å². The van der Waals surface area contributed by atoms with Crippen LogP contribution in [0.25, 0.3) is 0 Å². The molecule has 0 aromatic heterocycles. The summed E-state index contributed by atoms with van der Waals surface area (Å²) in [4.78, 5) is 0. The molecule has 2 heteroatoms. The van der Waals surface area contributed by atoms with Crippen LogP contribution in [0.3, 0.4) is 0 Å². The first-order valence-electron chi connectivity index (χ1n) is 5.25. The largest absolute Gasteiger partial charge is 0.373 e. The summed E-state index contributed by atoms with van der Waals surface area (Å²) in [5.74, 6) is 0. The van der Waals surface area contributed by atoms with Crippen molar-refractivity contribution in [2.24, 2.45) is 5.73 Å². The predicted molar refractivity (Wildman–Crippen MR) is 56.8 cm³/mol. The summed E-state index contributed by atoms with van der Waals surface area (Å²) in [7, 11) is 0. The molecule has 0 radical (unpaired) electrons. The molecule has 2 atom stereocenters. The minimum atomic E-state index is 0.357. The molecule has 0 amide bonds. The van der Waals surface area contributed by atoms with Crippen LogP contribution >= 0.6 is 0 Å².